The van der Waals surface area contributed by atoms with E-state index in [9.17, 15) is 29.8 Å². The van der Waals surface area contributed by atoms with Gasteiger partial charge >= 0.3 is 10.0 Å². The summed E-state index contributed by atoms with van der Waals surface area (Å²) in [6.07, 6.45) is 6.19. The molecule has 176 valence electrons. The van der Waals surface area contributed by atoms with Crippen molar-refractivity contribution in [2.75, 3.05) is 5.32 Å². The Labute approximate surface area is 206 Å². The minimum Gasteiger partial charge on any atom is -0.366 e. The Morgan fingerprint density at radius 1 is 0.971 bits per heavy atom. The van der Waals surface area contributed by atoms with Crippen molar-refractivity contribution >= 4 is 65.8 Å². The lowest BCUT2D eigenvalue weighted by Crippen LogP contribution is -2.16. The van der Waals surface area contributed by atoms with Crippen molar-refractivity contribution in [2.45, 2.75) is 0 Å². The summed E-state index contributed by atoms with van der Waals surface area (Å²) >= 11 is 3.40. The Hall–Kier alpha value is -4.34. The van der Waals surface area contributed by atoms with E-state index >= 15 is 0 Å². The largest absolute Gasteiger partial charge is 0.366 e. The van der Waals surface area contributed by atoms with Crippen molar-refractivity contribution in [1.82, 2.24) is 15.0 Å². The smallest absolute Gasteiger partial charge is 0.324 e. The molecule has 2 N–H and O–H groups in total. The number of carbonyl (C=O) groups excluding carboxylic acids is 1. The summed E-state index contributed by atoms with van der Waals surface area (Å²) in [4.78, 5) is 55.3. The normalized spacial score (nSPS) is 10.4. The molecule has 12 nitrogen and oxygen atoms in total. The van der Waals surface area contributed by atoms with Gasteiger partial charge in [0.25, 0.3) is 5.91 Å². The van der Waals surface area contributed by atoms with Gasteiger partial charge in [-0.15, -0.1) is 11.3 Å². The van der Waals surface area contributed by atoms with Crippen LogP contribution in [0.1, 0.15) is 9.67 Å². The van der Waals surface area contributed by atoms with Crippen LogP contribution in [0.25, 0.3) is 20.1 Å². The van der Waals surface area contributed by atoms with Gasteiger partial charge in [-0.05, 0) is 18.2 Å². The molecule has 0 aliphatic carbocycles. The molecule has 0 radical (unpaired) electrons. The zero-order chi connectivity index (χ0) is 24.9. The second-order valence-electron chi connectivity index (χ2n) is 6.53. The molecule has 5 heterocycles. The molecule has 35 heavy (non-hydrogen) atoms. The molecule has 5 aromatic heterocycles. The summed E-state index contributed by atoms with van der Waals surface area (Å²) in [5.41, 5.74) is 0.579. The van der Waals surface area contributed by atoms with Crippen LogP contribution in [0.5, 0.6) is 0 Å². The zero-order valence-corrected chi connectivity index (χ0v) is 19.7. The highest BCUT2D eigenvalue weighted by Gasteiger charge is 2.16. The fourth-order valence-electron chi connectivity index (χ4n) is 2.67. The molecular formula is C20H12N6O6S3. The monoisotopic (exact) mass is 528 g/mol. The SMILES string of the molecule is O=C(Nc1c[nH]ccc1=O)c1ccc([N+](=O)[O-])s1.O=[N+]([O-])c1ccc(-c2nc3cnccc3s2)s1. The number of hydrogen-bond donors (Lipinski definition) is 2. The maximum absolute atomic E-state index is 11.7. The minimum atomic E-state index is -0.573. The fraction of sp³-hybridized carbons (Fsp3) is 0. The van der Waals surface area contributed by atoms with E-state index in [1.54, 1.807) is 18.5 Å². The van der Waals surface area contributed by atoms with Crippen molar-refractivity contribution in [2.24, 2.45) is 0 Å². The maximum atomic E-state index is 11.7. The van der Waals surface area contributed by atoms with Crippen LogP contribution in [-0.2, 0) is 0 Å². The molecule has 0 saturated heterocycles. The molecule has 0 bridgehead atoms. The summed E-state index contributed by atoms with van der Waals surface area (Å²) in [7, 11) is 0. The number of thiazole rings is 1. The molecule has 0 fully saturated rings. The number of H-pyrrole nitrogens is 1. The topological polar surface area (TPSA) is 174 Å². The van der Waals surface area contributed by atoms with Gasteiger partial charge in [0.15, 0.2) is 0 Å². The van der Waals surface area contributed by atoms with E-state index < -0.39 is 10.8 Å². The number of fused-ring (bicyclic) bond motifs is 1. The van der Waals surface area contributed by atoms with Crippen LogP contribution in [-0.4, -0.2) is 30.7 Å². The van der Waals surface area contributed by atoms with Gasteiger partial charge in [0.2, 0.25) is 5.43 Å². The number of nitrogens with one attached hydrogen (secondary N) is 2. The van der Waals surface area contributed by atoms with E-state index in [0.29, 0.717) is 0 Å². The third kappa shape index (κ3) is 5.60. The highest BCUT2D eigenvalue weighted by Crippen LogP contribution is 2.36. The quantitative estimate of drug-likeness (QED) is 0.238. The Balaban J connectivity index is 0.000000165. The van der Waals surface area contributed by atoms with Crippen LogP contribution < -0.4 is 10.7 Å². The van der Waals surface area contributed by atoms with Crippen molar-refractivity contribution in [1.29, 1.82) is 0 Å². The van der Waals surface area contributed by atoms with E-state index in [0.717, 1.165) is 42.8 Å². The lowest BCUT2D eigenvalue weighted by Gasteiger charge is -2.00. The Morgan fingerprint density at radius 2 is 1.71 bits per heavy atom. The summed E-state index contributed by atoms with van der Waals surface area (Å²) in [5.74, 6) is -0.551. The van der Waals surface area contributed by atoms with Crippen LogP contribution >= 0.6 is 34.0 Å². The van der Waals surface area contributed by atoms with E-state index in [1.165, 1.54) is 48.0 Å². The number of nitro groups is 2. The molecule has 0 unspecified atom stereocenters. The standard InChI is InChI=1S/C10H7N3O4S.C10H5N3O2S2/c14-7-3-4-11-5-6(7)12-10(15)8-1-2-9(18-8)13(16)17;14-13(15)9-2-1-8(16-9)10-12-6-5-11-4-3-7(6)17-10/h1-5H,(H,11,14)(H,12,15);1-5H. The number of hydrogen-bond acceptors (Lipinski definition) is 11. The number of carbonyl (C=O) groups is 1. The maximum Gasteiger partial charge on any atom is 0.324 e. The third-order valence-corrected chi connectivity index (χ3v) is 7.52. The number of thiophene rings is 2. The fourth-order valence-corrected chi connectivity index (χ4v) is 5.20. The predicted octanol–water partition coefficient (Wildman–Crippen LogP) is 4.92. The Morgan fingerprint density at radius 3 is 2.37 bits per heavy atom. The lowest BCUT2D eigenvalue weighted by molar-refractivity contribution is -0.380. The first kappa shape index (κ1) is 23.8. The van der Waals surface area contributed by atoms with Gasteiger partial charge in [0.1, 0.15) is 16.2 Å². The van der Waals surface area contributed by atoms with E-state index in [1.807, 2.05) is 6.07 Å². The molecule has 0 aromatic carbocycles. The van der Waals surface area contributed by atoms with Gasteiger partial charge in [-0.2, -0.15) is 0 Å². The molecule has 1 amide bonds. The van der Waals surface area contributed by atoms with Crippen LogP contribution in [0.15, 0.2) is 66.0 Å². The van der Waals surface area contributed by atoms with Crippen LogP contribution in [0, 0.1) is 20.2 Å². The lowest BCUT2D eigenvalue weighted by atomic mass is 10.3. The molecule has 0 spiro atoms. The van der Waals surface area contributed by atoms with E-state index in [-0.39, 0.29) is 30.9 Å². The van der Waals surface area contributed by atoms with Crippen LogP contribution in [0.2, 0.25) is 0 Å². The third-order valence-electron chi connectivity index (χ3n) is 4.24. The first-order chi connectivity index (χ1) is 16.8. The number of rotatable bonds is 5. The predicted molar refractivity (Wildman–Crippen MR) is 133 cm³/mol. The van der Waals surface area contributed by atoms with Crippen molar-refractivity contribution in [3.05, 3.63) is 96.5 Å². The molecular weight excluding hydrogens is 516 g/mol. The number of pyridine rings is 2. The van der Waals surface area contributed by atoms with Crippen molar-refractivity contribution < 1.29 is 14.6 Å². The van der Waals surface area contributed by atoms with Gasteiger partial charge < -0.3 is 10.3 Å². The first-order valence-electron chi connectivity index (χ1n) is 9.49. The van der Waals surface area contributed by atoms with Crippen LogP contribution in [0.3, 0.4) is 0 Å². The molecule has 0 aliphatic heterocycles. The molecule has 0 saturated carbocycles. The van der Waals surface area contributed by atoms with E-state index in [4.69, 9.17) is 0 Å². The summed E-state index contributed by atoms with van der Waals surface area (Å²) in [5, 5.41) is 24.3. The van der Waals surface area contributed by atoms with Crippen LogP contribution in [0.4, 0.5) is 15.7 Å². The second-order valence-corrected chi connectivity index (χ2v) is 9.68. The summed E-state index contributed by atoms with van der Waals surface area (Å²) in [6.45, 7) is 0. The van der Waals surface area contributed by atoms with Gasteiger partial charge in [-0.3, -0.25) is 34.8 Å². The van der Waals surface area contributed by atoms with Gasteiger partial charge in [0.05, 0.1) is 30.5 Å². The average molecular weight is 529 g/mol. The first-order valence-corrected chi connectivity index (χ1v) is 11.9. The number of aromatic amines is 1. The van der Waals surface area contributed by atoms with Gasteiger partial charge in [-0.25, -0.2) is 4.98 Å². The Bertz CT molecular complexity index is 1570. The van der Waals surface area contributed by atoms with Crippen molar-refractivity contribution in [3.63, 3.8) is 0 Å². The highest BCUT2D eigenvalue weighted by molar-refractivity contribution is 7.26. The number of amides is 1. The average Bonchev–Trinajstić information content (AvgIpc) is 3.59. The zero-order valence-electron chi connectivity index (χ0n) is 17.2. The minimum absolute atomic E-state index is 0.0959. The molecule has 0 atom stereocenters. The number of nitrogens with zero attached hydrogens (tertiary/aromatic N) is 4. The van der Waals surface area contributed by atoms with Crippen molar-refractivity contribution in [3.8, 4) is 9.88 Å². The number of anilines is 1. The summed E-state index contributed by atoms with van der Waals surface area (Å²) in [6, 6.07) is 8.98. The molecule has 0 aliphatic rings. The summed E-state index contributed by atoms with van der Waals surface area (Å²) < 4.78 is 1.03. The second kappa shape index (κ2) is 10.3. The number of aromatic nitrogens is 3. The molecule has 15 heteroatoms. The highest BCUT2D eigenvalue weighted by atomic mass is 32.1. The van der Waals surface area contributed by atoms with Gasteiger partial charge in [-0.1, -0.05) is 22.7 Å². The van der Waals surface area contributed by atoms with E-state index in [2.05, 4.69) is 20.3 Å². The molecule has 5 aromatic rings. The van der Waals surface area contributed by atoms with Gasteiger partial charge in [0, 0.05) is 36.8 Å². The molecule has 5 rings (SSSR count). The Kier molecular flexibility index (Phi) is 7.00.